The molecule has 2 rings (SSSR count). The molecule has 0 radical (unpaired) electrons. The summed E-state index contributed by atoms with van der Waals surface area (Å²) >= 11 is 3.10. The number of hydrogen-bond donors (Lipinski definition) is 1. The van der Waals surface area contributed by atoms with Crippen LogP contribution in [-0.4, -0.2) is 10.2 Å². The molecule has 0 aliphatic rings. The van der Waals surface area contributed by atoms with Crippen molar-refractivity contribution in [3.05, 3.63) is 62.2 Å². The van der Waals surface area contributed by atoms with Crippen LogP contribution in [0.3, 0.4) is 0 Å². The maximum atomic E-state index is 13.3. The smallest absolute Gasteiger partial charge is 0.267 e. The van der Waals surface area contributed by atoms with E-state index >= 15 is 0 Å². The average molecular weight is 283 g/mol. The summed E-state index contributed by atoms with van der Waals surface area (Å²) in [6, 6.07) is 8.07. The van der Waals surface area contributed by atoms with E-state index in [1.165, 1.54) is 6.07 Å². The number of aromatic nitrogens is 2. The van der Waals surface area contributed by atoms with Crippen molar-refractivity contribution in [2.24, 2.45) is 0 Å². The molecule has 1 N–H and O–H groups in total. The molecule has 0 spiro atoms. The molecule has 2 aromatic rings. The lowest BCUT2D eigenvalue weighted by Gasteiger charge is -2.02. The van der Waals surface area contributed by atoms with Gasteiger partial charge in [-0.2, -0.15) is 5.10 Å². The number of nitrogens with zero attached hydrogens (tertiary/aromatic N) is 1. The van der Waals surface area contributed by atoms with E-state index in [0.29, 0.717) is 22.2 Å². The predicted molar refractivity (Wildman–Crippen MR) is 61.8 cm³/mol. The van der Waals surface area contributed by atoms with E-state index in [-0.39, 0.29) is 11.4 Å². The number of hydrogen-bond acceptors (Lipinski definition) is 2. The van der Waals surface area contributed by atoms with Gasteiger partial charge in [-0.1, -0.05) is 18.2 Å². The van der Waals surface area contributed by atoms with E-state index in [1.54, 1.807) is 24.3 Å². The number of halogens is 2. The lowest BCUT2D eigenvalue weighted by atomic mass is 10.1. The van der Waals surface area contributed by atoms with Crippen LogP contribution >= 0.6 is 15.9 Å². The fourth-order valence-electron chi connectivity index (χ4n) is 1.35. The lowest BCUT2D eigenvalue weighted by molar-refractivity contribution is 0.612. The van der Waals surface area contributed by atoms with Gasteiger partial charge < -0.3 is 0 Å². The Morgan fingerprint density at radius 1 is 1.38 bits per heavy atom. The molecule has 1 heterocycles. The molecule has 0 saturated carbocycles. The van der Waals surface area contributed by atoms with Gasteiger partial charge in [0, 0.05) is 6.42 Å². The van der Waals surface area contributed by atoms with Crippen LogP contribution in [0.2, 0.25) is 0 Å². The average Bonchev–Trinajstić information content (AvgIpc) is 2.27. The maximum absolute atomic E-state index is 13.3. The number of nitrogens with one attached hydrogen (secondary N) is 1. The summed E-state index contributed by atoms with van der Waals surface area (Å²) in [5.74, 6) is -0.272. The summed E-state index contributed by atoms with van der Waals surface area (Å²) in [6.07, 6.45) is 0.349. The number of benzene rings is 1. The van der Waals surface area contributed by atoms with E-state index in [2.05, 4.69) is 26.1 Å². The molecule has 0 bridgehead atoms. The maximum Gasteiger partial charge on any atom is 0.278 e. The third kappa shape index (κ3) is 2.36. The first-order chi connectivity index (χ1) is 7.66. The highest BCUT2D eigenvalue weighted by Crippen LogP contribution is 2.12. The Morgan fingerprint density at radius 2 is 2.12 bits per heavy atom. The first-order valence-corrected chi connectivity index (χ1v) is 5.43. The second-order valence-electron chi connectivity index (χ2n) is 3.30. The summed E-state index contributed by atoms with van der Waals surface area (Å²) < 4.78 is 13.7. The topological polar surface area (TPSA) is 45.8 Å². The Bertz CT molecular complexity index is 568. The van der Waals surface area contributed by atoms with Crippen molar-refractivity contribution < 1.29 is 4.39 Å². The van der Waals surface area contributed by atoms with E-state index in [9.17, 15) is 9.18 Å². The Hall–Kier alpha value is -1.49. The number of rotatable bonds is 2. The van der Waals surface area contributed by atoms with Crippen molar-refractivity contribution in [2.45, 2.75) is 6.42 Å². The lowest BCUT2D eigenvalue weighted by Crippen LogP contribution is -2.10. The van der Waals surface area contributed by atoms with Crippen LogP contribution in [0.25, 0.3) is 0 Å². The van der Waals surface area contributed by atoms with E-state index in [4.69, 9.17) is 0 Å². The first-order valence-electron chi connectivity index (χ1n) is 4.64. The second-order valence-corrected chi connectivity index (χ2v) is 4.16. The number of aromatic amines is 1. The molecule has 0 aliphatic heterocycles. The minimum absolute atomic E-state index is 0.272. The Balaban J connectivity index is 2.31. The normalized spacial score (nSPS) is 10.4. The van der Waals surface area contributed by atoms with Crippen molar-refractivity contribution in [3.63, 3.8) is 0 Å². The summed E-state index contributed by atoms with van der Waals surface area (Å²) in [7, 11) is 0. The van der Waals surface area contributed by atoms with Gasteiger partial charge in [0.15, 0.2) is 0 Å². The highest BCUT2D eigenvalue weighted by atomic mass is 79.9. The molecule has 0 saturated heterocycles. The van der Waals surface area contributed by atoms with E-state index < -0.39 is 0 Å². The summed E-state index contributed by atoms with van der Waals surface area (Å²) in [6.45, 7) is 0. The fraction of sp³-hybridized carbons (Fsp3) is 0.0909. The molecule has 0 aliphatic carbocycles. The molecule has 82 valence electrons. The molecule has 0 unspecified atom stereocenters. The Labute approximate surface area is 99.5 Å². The standard InChI is InChI=1S/C11H8BrFN2O/c12-9-6-8(14-15-11(9)16)5-7-3-1-2-4-10(7)13/h1-4,6H,5H2,(H,15,16). The predicted octanol–water partition coefficient (Wildman–Crippen LogP) is 2.26. The third-order valence-electron chi connectivity index (χ3n) is 2.14. The van der Waals surface area contributed by atoms with Gasteiger partial charge >= 0.3 is 0 Å². The monoisotopic (exact) mass is 282 g/mol. The van der Waals surface area contributed by atoms with Gasteiger partial charge in [0.2, 0.25) is 0 Å². The molecule has 0 atom stereocenters. The van der Waals surface area contributed by atoms with Gasteiger partial charge in [-0.05, 0) is 33.6 Å². The van der Waals surface area contributed by atoms with Gasteiger partial charge in [-0.15, -0.1) is 0 Å². The third-order valence-corrected chi connectivity index (χ3v) is 2.73. The SMILES string of the molecule is O=c1[nH]nc(Cc2ccccc2F)cc1Br. The van der Waals surface area contributed by atoms with Crippen LogP contribution < -0.4 is 5.56 Å². The van der Waals surface area contributed by atoms with Crippen molar-refractivity contribution in [3.8, 4) is 0 Å². The highest BCUT2D eigenvalue weighted by molar-refractivity contribution is 9.10. The van der Waals surface area contributed by atoms with Gasteiger partial charge in [0.1, 0.15) is 5.82 Å². The van der Waals surface area contributed by atoms with E-state index in [0.717, 1.165) is 0 Å². The zero-order valence-electron chi connectivity index (χ0n) is 8.21. The summed E-state index contributed by atoms with van der Waals surface area (Å²) in [5.41, 5.74) is 0.864. The van der Waals surface area contributed by atoms with Gasteiger partial charge in [-0.25, -0.2) is 9.49 Å². The zero-order chi connectivity index (χ0) is 11.5. The second kappa shape index (κ2) is 4.57. The Kier molecular flexibility index (Phi) is 3.14. The van der Waals surface area contributed by atoms with Crippen LogP contribution in [0, 0.1) is 5.82 Å². The van der Waals surface area contributed by atoms with Crippen molar-refractivity contribution in [2.75, 3.05) is 0 Å². The van der Waals surface area contributed by atoms with Crippen LogP contribution in [0.5, 0.6) is 0 Å². The molecule has 3 nitrogen and oxygen atoms in total. The van der Waals surface area contributed by atoms with Gasteiger partial charge in [0.05, 0.1) is 10.2 Å². The molecule has 1 aromatic carbocycles. The minimum atomic E-state index is -0.294. The van der Waals surface area contributed by atoms with Crippen molar-refractivity contribution in [1.82, 2.24) is 10.2 Å². The first kappa shape index (κ1) is 11.0. The minimum Gasteiger partial charge on any atom is -0.267 e. The quantitative estimate of drug-likeness (QED) is 0.919. The molecule has 1 aromatic heterocycles. The summed E-state index contributed by atoms with van der Waals surface area (Å²) in [5, 5.41) is 6.17. The highest BCUT2D eigenvalue weighted by Gasteiger charge is 2.05. The zero-order valence-corrected chi connectivity index (χ0v) is 9.79. The molecule has 0 amide bonds. The van der Waals surface area contributed by atoms with Crippen LogP contribution in [0.15, 0.2) is 39.6 Å². The van der Waals surface area contributed by atoms with E-state index in [1.807, 2.05) is 0 Å². The van der Waals surface area contributed by atoms with Crippen LogP contribution in [0.1, 0.15) is 11.3 Å². The van der Waals surface area contributed by atoms with Crippen molar-refractivity contribution >= 4 is 15.9 Å². The molecular formula is C11H8BrFN2O. The molecular weight excluding hydrogens is 275 g/mol. The molecule has 5 heteroatoms. The Morgan fingerprint density at radius 3 is 2.81 bits per heavy atom. The van der Waals surface area contributed by atoms with Gasteiger partial charge in [0.25, 0.3) is 5.56 Å². The number of H-pyrrole nitrogens is 1. The largest absolute Gasteiger partial charge is 0.278 e. The van der Waals surface area contributed by atoms with Gasteiger partial charge in [-0.3, -0.25) is 4.79 Å². The molecule has 16 heavy (non-hydrogen) atoms. The van der Waals surface area contributed by atoms with Crippen LogP contribution in [0.4, 0.5) is 4.39 Å². The summed E-state index contributed by atoms with van der Waals surface area (Å²) in [4.78, 5) is 11.1. The van der Waals surface area contributed by atoms with Crippen molar-refractivity contribution in [1.29, 1.82) is 0 Å². The fourth-order valence-corrected chi connectivity index (χ4v) is 1.70. The molecule has 0 fully saturated rings. The van der Waals surface area contributed by atoms with Crippen LogP contribution in [-0.2, 0) is 6.42 Å².